The molecule has 0 saturated heterocycles. The van der Waals surface area contributed by atoms with Crippen LogP contribution < -0.4 is 10.1 Å². The molecule has 0 aliphatic carbocycles. The largest absolute Gasteiger partial charge is 0.492 e. The molecule has 0 atom stereocenters. The highest BCUT2D eigenvalue weighted by Gasteiger charge is 2.04. The molecule has 0 aliphatic heterocycles. The summed E-state index contributed by atoms with van der Waals surface area (Å²) in [5, 5.41) is 4.22. The summed E-state index contributed by atoms with van der Waals surface area (Å²) in [5.41, 5.74) is 0. The summed E-state index contributed by atoms with van der Waals surface area (Å²) < 4.78 is 10.5. The molecule has 0 radical (unpaired) electrons. The molecule has 0 saturated carbocycles. The zero-order chi connectivity index (χ0) is 12.5. The monoisotopic (exact) mass is 277 g/mol. The number of hydrogen-bond donors (Lipinski definition) is 1. The number of methoxy groups -OCH3 is 1. The van der Waals surface area contributed by atoms with Crippen LogP contribution in [0.2, 0.25) is 10.0 Å². The Hall–Kier alpha value is -0.480. The fourth-order valence-corrected chi connectivity index (χ4v) is 1.62. The molecule has 0 heterocycles. The second-order valence-electron chi connectivity index (χ2n) is 3.50. The molecular weight excluding hydrogens is 261 g/mol. The van der Waals surface area contributed by atoms with E-state index >= 15 is 0 Å². The van der Waals surface area contributed by atoms with Crippen LogP contribution in [0.15, 0.2) is 18.2 Å². The van der Waals surface area contributed by atoms with Gasteiger partial charge in [0.15, 0.2) is 0 Å². The van der Waals surface area contributed by atoms with Crippen molar-refractivity contribution in [3.8, 4) is 5.75 Å². The van der Waals surface area contributed by atoms with Gasteiger partial charge < -0.3 is 14.8 Å². The van der Waals surface area contributed by atoms with E-state index in [2.05, 4.69) is 5.32 Å². The van der Waals surface area contributed by atoms with E-state index in [0.717, 1.165) is 26.1 Å². The minimum atomic E-state index is 0.474. The van der Waals surface area contributed by atoms with Crippen molar-refractivity contribution in [2.24, 2.45) is 0 Å². The standard InChI is InChI=1S/C12H17Cl2NO2/c1-16-9-7-15-6-3-8-17-11-5-2-4-10(13)12(11)14/h2,4-5,15H,3,6-9H2,1H3. The maximum Gasteiger partial charge on any atom is 0.139 e. The minimum absolute atomic E-state index is 0.474. The Morgan fingerprint density at radius 3 is 2.76 bits per heavy atom. The average Bonchev–Trinajstić information content (AvgIpc) is 2.33. The first kappa shape index (κ1) is 14.6. The summed E-state index contributed by atoms with van der Waals surface area (Å²) in [6, 6.07) is 5.37. The van der Waals surface area contributed by atoms with Gasteiger partial charge in [-0.15, -0.1) is 0 Å². The topological polar surface area (TPSA) is 30.5 Å². The van der Waals surface area contributed by atoms with Crippen LogP contribution in [0.5, 0.6) is 5.75 Å². The second-order valence-corrected chi connectivity index (χ2v) is 4.28. The zero-order valence-corrected chi connectivity index (χ0v) is 11.4. The maximum atomic E-state index is 5.99. The van der Waals surface area contributed by atoms with E-state index < -0.39 is 0 Å². The van der Waals surface area contributed by atoms with Crippen molar-refractivity contribution in [1.29, 1.82) is 0 Å². The number of ether oxygens (including phenoxy) is 2. The molecule has 1 rings (SSSR count). The lowest BCUT2D eigenvalue weighted by molar-refractivity contribution is 0.198. The molecule has 5 heteroatoms. The SMILES string of the molecule is COCCNCCCOc1cccc(Cl)c1Cl. The van der Waals surface area contributed by atoms with Crippen LogP contribution in [-0.2, 0) is 4.74 Å². The van der Waals surface area contributed by atoms with Gasteiger partial charge >= 0.3 is 0 Å². The van der Waals surface area contributed by atoms with Gasteiger partial charge in [0.05, 0.1) is 18.2 Å². The molecule has 0 spiro atoms. The van der Waals surface area contributed by atoms with Crippen molar-refractivity contribution in [2.75, 3.05) is 33.4 Å². The summed E-state index contributed by atoms with van der Waals surface area (Å²) in [7, 11) is 1.69. The van der Waals surface area contributed by atoms with Crippen LogP contribution in [-0.4, -0.2) is 33.4 Å². The number of benzene rings is 1. The molecule has 0 unspecified atom stereocenters. The van der Waals surface area contributed by atoms with Gasteiger partial charge in [-0.1, -0.05) is 29.3 Å². The molecule has 0 aliphatic rings. The van der Waals surface area contributed by atoms with Crippen molar-refractivity contribution >= 4 is 23.2 Å². The number of rotatable bonds is 8. The maximum absolute atomic E-state index is 5.99. The molecule has 0 amide bonds. The highest BCUT2D eigenvalue weighted by molar-refractivity contribution is 6.42. The van der Waals surface area contributed by atoms with E-state index in [1.807, 2.05) is 12.1 Å². The van der Waals surface area contributed by atoms with Gasteiger partial charge in [0.1, 0.15) is 10.8 Å². The lowest BCUT2D eigenvalue weighted by Gasteiger charge is -2.09. The molecule has 17 heavy (non-hydrogen) atoms. The number of nitrogens with one attached hydrogen (secondary N) is 1. The van der Waals surface area contributed by atoms with Crippen molar-refractivity contribution in [3.63, 3.8) is 0 Å². The Kier molecular flexibility index (Phi) is 7.37. The average molecular weight is 278 g/mol. The van der Waals surface area contributed by atoms with E-state index in [1.165, 1.54) is 0 Å². The molecular formula is C12H17Cl2NO2. The van der Waals surface area contributed by atoms with Crippen LogP contribution in [0.4, 0.5) is 0 Å². The molecule has 0 fully saturated rings. The van der Waals surface area contributed by atoms with Crippen LogP contribution in [0.25, 0.3) is 0 Å². The Balaban J connectivity index is 2.16. The molecule has 0 bridgehead atoms. The van der Waals surface area contributed by atoms with Gasteiger partial charge in [-0.05, 0) is 25.1 Å². The van der Waals surface area contributed by atoms with Gasteiger partial charge in [0.25, 0.3) is 0 Å². The summed E-state index contributed by atoms with van der Waals surface area (Å²) in [4.78, 5) is 0. The minimum Gasteiger partial charge on any atom is -0.492 e. The number of halogens is 2. The fraction of sp³-hybridized carbons (Fsp3) is 0.500. The summed E-state index contributed by atoms with van der Waals surface area (Å²) in [5.74, 6) is 0.635. The van der Waals surface area contributed by atoms with Gasteiger partial charge in [-0.2, -0.15) is 0 Å². The van der Waals surface area contributed by atoms with Gasteiger partial charge in [-0.3, -0.25) is 0 Å². The molecule has 96 valence electrons. The smallest absolute Gasteiger partial charge is 0.139 e. The molecule has 0 aromatic heterocycles. The van der Waals surface area contributed by atoms with Gasteiger partial charge in [0, 0.05) is 13.7 Å². The van der Waals surface area contributed by atoms with E-state index in [9.17, 15) is 0 Å². The summed E-state index contributed by atoms with van der Waals surface area (Å²) in [6.45, 7) is 3.08. The van der Waals surface area contributed by atoms with Crippen molar-refractivity contribution in [1.82, 2.24) is 5.32 Å². The Morgan fingerprint density at radius 2 is 2.00 bits per heavy atom. The second kappa shape index (κ2) is 8.59. The molecule has 1 aromatic rings. The highest BCUT2D eigenvalue weighted by atomic mass is 35.5. The highest BCUT2D eigenvalue weighted by Crippen LogP contribution is 2.31. The van der Waals surface area contributed by atoms with Crippen molar-refractivity contribution < 1.29 is 9.47 Å². The van der Waals surface area contributed by atoms with Crippen LogP contribution >= 0.6 is 23.2 Å². The third-order valence-electron chi connectivity index (χ3n) is 2.15. The van der Waals surface area contributed by atoms with Crippen LogP contribution in [0.3, 0.4) is 0 Å². The third kappa shape index (κ3) is 5.59. The van der Waals surface area contributed by atoms with Gasteiger partial charge in [-0.25, -0.2) is 0 Å². The predicted molar refractivity (Wildman–Crippen MR) is 71.3 cm³/mol. The first-order valence-electron chi connectivity index (χ1n) is 5.52. The Bertz CT molecular complexity index is 334. The Morgan fingerprint density at radius 1 is 1.18 bits per heavy atom. The molecule has 1 N–H and O–H groups in total. The van der Waals surface area contributed by atoms with E-state index in [1.54, 1.807) is 13.2 Å². The summed E-state index contributed by atoms with van der Waals surface area (Å²) >= 11 is 11.9. The lowest BCUT2D eigenvalue weighted by Crippen LogP contribution is -2.21. The van der Waals surface area contributed by atoms with E-state index in [-0.39, 0.29) is 0 Å². The summed E-state index contributed by atoms with van der Waals surface area (Å²) in [6.07, 6.45) is 0.909. The van der Waals surface area contributed by atoms with E-state index in [4.69, 9.17) is 32.7 Å². The Labute approximate surface area is 112 Å². The van der Waals surface area contributed by atoms with Crippen LogP contribution in [0.1, 0.15) is 6.42 Å². The first-order chi connectivity index (χ1) is 8.25. The van der Waals surface area contributed by atoms with Crippen molar-refractivity contribution in [3.05, 3.63) is 28.2 Å². The lowest BCUT2D eigenvalue weighted by atomic mass is 10.3. The number of hydrogen-bond acceptors (Lipinski definition) is 3. The third-order valence-corrected chi connectivity index (χ3v) is 2.96. The molecule has 1 aromatic carbocycles. The zero-order valence-electron chi connectivity index (χ0n) is 9.84. The first-order valence-corrected chi connectivity index (χ1v) is 6.27. The van der Waals surface area contributed by atoms with E-state index in [0.29, 0.717) is 22.4 Å². The predicted octanol–water partition coefficient (Wildman–Crippen LogP) is 3.00. The van der Waals surface area contributed by atoms with Gasteiger partial charge in [0.2, 0.25) is 0 Å². The van der Waals surface area contributed by atoms with Crippen molar-refractivity contribution in [2.45, 2.75) is 6.42 Å². The molecule has 3 nitrogen and oxygen atoms in total. The normalized spacial score (nSPS) is 10.5. The van der Waals surface area contributed by atoms with Crippen LogP contribution in [0, 0.1) is 0 Å². The fourth-order valence-electron chi connectivity index (χ4n) is 1.27. The quantitative estimate of drug-likeness (QED) is 0.741.